The molecule has 0 radical (unpaired) electrons. The van der Waals surface area contributed by atoms with Crippen LogP contribution in [-0.2, 0) is 13.6 Å². The van der Waals surface area contributed by atoms with Gasteiger partial charge in [0, 0.05) is 20.1 Å². The second-order valence-electron chi connectivity index (χ2n) is 5.09. The molecule has 0 unspecified atom stereocenters. The fraction of sp³-hybridized carbons (Fsp3) is 0.818. The molecule has 88 valence electrons. The average Bonchev–Trinajstić information content (AvgIpc) is 2.88. The van der Waals surface area contributed by atoms with Gasteiger partial charge in [-0.2, -0.15) is 0 Å². The number of nitrogens with one attached hydrogen (secondary N) is 1. The van der Waals surface area contributed by atoms with Crippen molar-refractivity contribution >= 4 is 0 Å². The Bertz CT molecular complexity index is 374. The van der Waals surface area contributed by atoms with Crippen LogP contribution in [0.3, 0.4) is 0 Å². The number of nitrogens with zero attached hydrogens (tertiary/aromatic N) is 4. The quantitative estimate of drug-likeness (QED) is 0.749. The summed E-state index contributed by atoms with van der Waals surface area (Å²) in [4.78, 5) is 2.51. The minimum Gasteiger partial charge on any atom is -0.317 e. The van der Waals surface area contributed by atoms with E-state index in [2.05, 4.69) is 25.0 Å². The number of likely N-dealkylation sites (tertiary alicyclic amines) is 1. The zero-order chi connectivity index (χ0) is 11.1. The maximum absolute atomic E-state index is 4.23. The van der Waals surface area contributed by atoms with Gasteiger partial charge in [-0.15, -0.1) is 10.2 Å². The van der Waals surface area contributed by atoms with E-state index < -0.39 is 0 Å². The summed E-state index contributed by atoms with van der Waals surface area (Å²) in [6.45, 7) is 7.76. The zero-order valence-electron chi connectivity index (χ0n) is 9.98. The molecule has 5 nitrogen and oxygen atoms in total. The van der Waals surface area contributed by atoms with Gasteiger partial charge < -0.3 is 9.88 Å². The van der Waals surface area contributed by atoms with Gasteiger partial charge in [-0.05, 0) is 31.8 Å². The summed E-state index contributed by atoms with van der Waals surface area (Å²) in [7, 11) is 2.04. The highest BCUT2D eigenvalue weighted by molar-refractivity contribution is 4.96. The van der Waals surface area contributed by atoms with Crippen molar-refractivity contribution in [3.8, 4) is 0 Å². The monoisotopic (exact) mass is 221 g/mol. The molecule has 0 bridgehead atoms. The topological polar surface area (TPSA) is 46.0 Å². The van der Waals surface area contributed by atoms with Crippen molar-refractivity contribution in [1.29, 1.82) is 0 Å². The maximum atomic E-state index is 4.23. The summed E-state index contributed by atoms with van der Waals surface area (Å²) in [5, 5.41) is 11.8. The average molecular weight is 221 g/mol. The molecule has 3 rings (SSSR count). The second kappa shape index (κ2) is 3.82. The normalized spacial score (nSPS) is 29.9. The molecule has 2 aliphatic heterocycles. The van der Waals surface area contributed by atoms with Gasteiger partial charge in [-0.25, -0.2) is 0 Å². The number of hydrogen-bond acceptors (Lipinski definition) is 4. The lowest BCUT2D eigenvalue weighted by atomic mass is 10.0. The third-order valence-electron chi connectivity index (χ3n) is 4.01. The number of aryl methyl sites for hydroxylation is 1. The molecule has 2 atom stereocenters. The van der Waals surface area contributed by atoms with Gasteiger partial charge in [-0.3, -0.25) is 4.90 Å². The SMILES string of the molecule is Cc1nnc(CN2C[C@H]3CNC[C@H]3C2)n1C. The van der Waals surface area contributed by atoms with Gasteiger partial charge in [0.15, 0.2) is 0 Å². The molecule has 16 heavy (non-hydrogen) atoms. The minimum absolute atomic E-state index is 0.856. The van der Waals surface area contributed by atoms with Gasteiger partial charge >= 0.3 is 0 Å². The highest BCUT2D eigenvalue weighted by Crippen LogP contribution is 2.26. The fourth-order valence-electron chi connectivity index (χ4n) is 2.87. The molecular formula is C11H19N5. The molecule has 0 saturated carbocycles. The Labute approximate surface area is 95.8 Å². The fourth-order valence-corrected chi connectivity index (χ4v) is 2.87. The molecule has 0 aliphatic carbocycles. The van der Waals surface area contributed by atoms with E-state index in [4.69, 9.17) is 0 Å². The van der Waals surface area contributed by atoms with E-state index in [0.29, 0.717) is 0 Å². The van der Waals surface area contributed by atoms with Crippen molar-refractivity contribution in [2.24, 2.45) is 18.9 Å². The van der Waals surface area contributed by atoms with Crippen molar-refractivity contribution in [3.63, 3.8) is 0 Å². The predicted octanol–water partition coefficient (Wildman–Crippen LogP) is -0.225. The Hall–Kier alpha value is -0.940. The molecule has 2 saturated heterocycles. The van der Waals surface area contributed by atoms with Gasteiger partial charge in [-0.1, -0.05) is 0 Å². The lowest BCUT2D eigenvalue weighted by Crippen LogP contribution is -2.26. The highest BCUT2D eigenvalue weighted by Gasteiger charge is 2.36. The lowest BCUT2D eigenvalue weighted by Gasteiger charge is -2.15. The molecule has 0 spiro atoms. The first kappa shape index (κ1) is 10.2. The molecule has 2 aliphatic rings. The first-order chi connectivity index (χ1) is 7.74. The van der Waals surface area contributed by atoms with Crippen LogP contribution in [0.4, 0.5) is 0 Å². The number of fused-ring (bicyclic) bond motifs is 1. The van der Waals surface area contributed by atoms with E-state index in [-0.39, 0.29) is 0 Å². The molecule has 5 heteroatoms. The molecule has 3 heterocycles. The van der Waals surface area contributed by atoms with E-state index in [1.165, 1.54) is 26.2 Å². The minimum atomic E-state index is 0.856. The van der Waals surface area contributed by atoms with Crippen LogP contribution in [0.1, 0.15) is 11.6 Å². The van der Waals surface area contributed by atoms with Crippen LogP contribution in [0.15, 0.2) is 0 Å². The second-order valence-corrected chi connectivity index (χ2v) is 5.09. The summed E-state index contributed by atoms with van der Waals surface area (Å²) in [5.41, 5.74) is 0. The molecule has 0 amide bonds. The number of hydrogen-bond donors (Lipinski definition) is 1. The van der Waals surface area contributed by atoms with E-state index in [1.54, 1.807) is 0 Å². The molecule has 1 aromatic heterocycles. The van der Waals surface area contributed by atoms with Crippen LogP contribution in [0.5, 0.6) is 0 Å². The summed E-state index contributed by atoms with van der Waals surface area (Å²) < 4.78 is 2.09. The Kier molecular flexibility index (Phi) is 2.44. The Morgan fingerprint density at radius 2 is 1.94 bits per heavy atom. The van der Waals surface area contributed by atoms with Gasteiger partial charge in [0.1, 0.15) is 11.6 Å². The largest absolute Gasteiger partial charge is 0.317 e. The summed E-state index contributed by atoms with van der Waals surface area (Å²) in [5.74, 6) is 3.80. The van der Waals surface area contributed by atoms with Crippen LogP contribution in [0, 0.1) is 18.8 Å². The highest BCUT2D eigenvalue weighted by atomic mass is 15.3. The first-order valence-electron chi connectivity index (χ1n) is 6.02. The third kappa shape index (κ3) is 1.64. The standard InChI is InChI=1S/C11H19N5/c1-8-13-14-11(15(8)2)7-16-5-9-3-12-4-10(9)6-16/h9-10,12H,3-7H2,1-2H3/t9-,10+. The van der Waals surface area contributed by atoms with Crippen LogP contribution >= 0.6 is 0 Å². The van der Waals surface area contributed by atoms with Crippen molar-refractivity contribution in [2.45, 2.75) is 13.5 Å². The third-order valence-corrected chi connectivity index (χ3v) is 4.01. The number of aromatic nitrogens is 3. The Morgan fingerprint density at radius 3 is 2.50 bits per heavy atom. The number of rotatable bonds is 2. The van der Waals surface area contributed by atoms with Crippen molar-refractivity contribution in [2.75, 3.05) is 26.2 Å². The first-order valence-corrected chi connectivity index (χ1v) is 6.02. The van der Waals surface area contributed by atoms with Crippen LogP contribution in [0.25, 0.3) is 0 Å². The van der Waals surface area contributed by atoms with Gasteiger partial charge in [0.05, 0.1) is 6.54 Å². The lowest BCUT2D eigenvalue weighted by molar-refractivity contribution is 0.294. The Morgan fingerprint density at radius 1 is 1.25 bits per heavy atom. The Balaban J connectivity index is 1.66. The van der Waals surface area contributed by atoms with E-state index >= 15 is 0 Å². The molecule has 1 N–H and O–H groups in total. The van der Waals surface area contributed by atoms with Gasteiger partial charge in [0.2, 0.25) is 0 Å². The van der Waals surface area contributed by atoms with Crippen LogP contribution < -0.4 is 5.32 Å². The van der Waals surface area contributed by atoms with Crippen molar-refractivity contribution < 1.29 is 0 Å². The maximum Gasteiger partial charge on any atom is 0.146 e. The van der Waals surface area contributed by atoms with Crippen molar-refractivity contribution in [3.05, 3.63) is 11.6 Å². The van der Waals surface area contributed by atoms with E-state index in [1.807, 2.05) is 14.0 Å². The van der Waals surface area contributed by atoms with Crippen LogP contribution in [-0.4, -0.2) is 45.8 Å². The van der Waals surface area contributed by atoms with E-state index in [9.17, 15) is 0 Å². The summed E-state index contributed by atoms with van der Waals surface area (Å²) >= 11 is 0. The van der Waals surface area contributed by atoms with Crippen LogP contribution in [0.2, 0.25) is 0 Å². The predicted molar refractivity (Wildman–Crippen MR) is 60.9 cm³/mol. The molecule has 2 fully saturated rings. The summed E-state index contributed by atoms with van der Waals surface area (Å²) in [6, 6.07) is 0. The van der Waals surface area contributed by atoms with Gasteiger partial charge in [0.25, 0.3) is 0 Å². The molecule has 0 aromatic carbocycles. The zero-order valence-corrected chi connectivity index (χ0v) is 9.98. The van der Waals surface area contributed by atoms with Crippen molar-refractivity contribution in [1.82, 2.24) is 25.0 Å². The van der Waals surface area contributed by atoms with E-state index in [0.717, 1.165) is 30.0 Å². The summed E-state index contributed by atoms with van der Waals surface area (Å²) in [6.07, 6.45) is 0. The smallest absolute Gasteiger partial charge is 0.146 e. The molecular weight excluding hydrogens is 202 g/mol. The molecule has 1 aromatic rings.